The Bertz CT molecular complexity index is 104. The van der Waals surface area contributed by atoms with Crippen molar-refractivity contribution >= 4 is 11.8 Å². The van der Waals surface area contributed by atoms with Crippen molar-refractivity contribution in [3.8, 4) is 0 Å². The van der Waals surface area contributed by atoms with Gasteiger partial charge in [-0.15, -0.1) is 11.8 Å². The number of hydrogen-bond donors (Lipinski definition) is 1. The molecular weight excluding hydrogens is 149 g/mol. The summed E-state index contributed by atoms with van der Waals surface area (Å²) in [6.07, 6.45) is 1.05. The Kier molecular flexibility index (Phi) is 5.49. The largest absolute Gasteiger partial charge is 0.394 e. The second kappa shape index (κ2) is 5.59. The molecule has 0 saturated carbocycles. The van der Waals surface area contributed by atoms with Crippen LogP contribution in [-0.2, 0) is 0 Å². The van der Waals surface area contributed by atoms with Crippen LogP contribution < -0.4 is 5.32 Å². The van der Waals surface area contributed by atoms with Gasteiger partial charge in [-0.2, -0.15) is 0 Å². The van der Waals surface area contributed by atoms with E-state index in [9.17, 15) is 4.39 Å². The molecule has 1 unspecified atom stereocenters. The maximum atomic E-state index is 12.4. The predicted molar refractivity (Wildman–Crippen MR) is 45.8 cm³/mol. The molecule has 0 radical (unpaired) electrons. The lowest BCUT2D eigenvalue weighted by Crippen LogP contribution is -2.08. The Morgan fingerprint density at radius 2 is 2.10 bits per heavy atom. The molecule has 60 valence electrons. The summed E-state index contributed by atoms with van der Waals surface area (Å²) >= 11 is 1.49. The predicted octanol–water partition coefficient (Wildman–Crippen LogP) is 2.16. The maximum Gasteiger partial charge on any atom is 0.109 e. The van der Waals surface area contributed by atoms with Crippen molar-refractivity contribution in [3.63, 3.8) is 0 Å². The first-order valence-electron chi connectivity index (χ1n) is 3.30. The van der Waals surface area contributed by atoms with E-state index in [1.54, 1.807) is 13.1 Å². The summed E-state index contributed by atoms with van der Waals surface area (Å²) < 4.78 is 12.4. The first kappa shape index (κ1) is 9.82. The average molecular weight is 163 g/mol. The molecule has 10 heavy (non-hydrogen) atoms. The lowest BCUT2D eigenvalue weighted by Gasteiger charge is -2.07. The van der Waals surface area contributed by atoms with E-state index in [0.29, 0.717) is 0 Å². The number of alkyl halides is 1. The Balaban J connectivity index is 3.38. The van der Waals surface area contributed by atoms with Crippen LogP contribution in [-0.4, -0.2) is 18.5 Å². The molecule has 0 spiro atoms. The van der Waals surface area contributed by atoms with Gasteiger partial charge < -0.3 is 5.32 Å². The van der Waals surface area contributed by atoms with Crippen molar-refractivity contribution in [3.05, 3.63) is 11.6 Å². The summed E-state index contributed by atoms with van der Waals surface area (Å²) in [5, 5.41) is 4.75. The van der Waals surface area contributed by atoms with E-state index in [2.05, 4.69) is 5.32 Å². The average Bonchev–Trinajstić information content (AvgIpc) is 1.88. The smallest absolute Gasteiger partial charge is 0.109 e. The summed E-state index contributed by atoms with van der Waals surface area (Å²) in [5.74, 6) is 0. The molecule has 0 aromatic heterocycles. The maximum absolute atomic E-state index is 12.4. The first-order valence-corrected chi connectivity index (χ1v) is 4.24. The van der Waals surface area contributed by atoms with E-state index in [1.807, 2.05) is 19.4 Å². The highest BCUT2D eigenvalue weighted by atomic mass is 32.2. The molecule has 0 saturated heterocycles. The molecule has 0 aliphatic carbocycles. The van der Waals surface area contributed by atoms with Crippen LogP contribution in [0.3, 0.4) is 0 Å². The minimum absolute atomic E-state index is 0.0459. The monoisotopic (exact) mass is 163 g/mol. The lowest BCUT2D eigenvalue weighted by atomic mass is 10.3. The minimum atomic E-state index is -0.744. The SMILES string of the molecule is CN/C=C\SC(C)[C@@H](C)F. The second-order valence-corrected chi connectivity index (χ2v) is 3.40. The first-order chi connectivity index (χ1) is 4.68. The van der Waals surface area contributed by atoms with Gasteiger partial charge in [-0.25, -0.2) is 4.39 Å². The zero-order chi connectivity index (χ0) is 7.98. The highest BCUT2D eigenvalue weighted by molar-refractivity contribution is 8.02. The Hall–Kier alpha value is -0.180. The number of halogens is 1. The van der Waals surface area contributed by atoms with Gasteiger partial charge in [-0.3, -0.25) is 0 Å². The van der Waals surface area contributed by atoms with Crippen LogP contribution in [0.5, 0.6) is 0 Å². The minimum Gasteiger partial charge on any atom is -0.394 e. The lowest BCUT2D eigenvalue weighted by molar-refractivity contribution is 0.361. The van der Waals surface area contributed by atoms with Crippen molar-refractivity contribution in [1.82, 2.24) is 5.32 Å². The third kappa shape index (κ3) is 4.68. The Morgan fingerprint density at radius 1 is 1.50 bits per heavy atom. The van der Waals surface area contributed by atoms with Gasteiger partial charge in [0.15, 0.2) is 0 Å². The van der Waals surface area contributed by atoms with Gasteiger partial charge in [0, 0.05) is 18.5 Å². The van der Waals surface area contributed by atoms with Gasteiger partial charge in [-0.1, -0.05) is 6.92 Å². The molecule has 2 atom stereocenters. The fraction of sp³-hybridized carbons (Fsp3) is 0.714. The Morgan fingerprint density at radius 3 is 2.50 bits per heavy atom. The third-order valence-electron chi connectivity index (χ3n) is 1.17. The van der Waals surface area contributed by atoms with Crippen LogP contribution >= 0.6 is 11.8 Å². The normalized spacial score (nSPS) is 17.2. The van der Waals surface area contributed by atoms with E-state index >= 15 is 0 Å². The highest BCUT2D eigenvalue weighted by Gasteiger charge is 2.07. The summed E-state index contributed by atoms with van der Waals surface area (Å²) in [6, 6.07) is 0. The van der Waals surface area contributed by atoms with Crippen molar-refractivity contribution < 1.29 is 4.39 Å². The molecule has 0 aliphatic heterocycles. The molecule has 0 aromatic carbocycles. The Labute approximate surface area is 66.1 Å². The molecule has 0 heterocycles. The molecule has 0 amide bonds. The van der Waals surface area contributed by atoms with Gasteiger partial charge in [0.05, 0.1) is 0 Å². The van der Waals surface area contributed by atoms with Crippen LogP contribution in [0.2, 0.25) is 0 Å². The van der Waals surface area contributed by atoms with Crippen molar-refractivity contribution in [2.75, 3.05) is 7.05 Å². The van der Waals surface area contributed by atoms with Crippen LogP contribution in [0.25, 0.3) is 0 Å². The van der Waals surface area contributed by atoms with Crippen molar-refractivity contribution in [1.29, 1.82) is 0 Å². The van der Waals surface area contributed by atoms with E-state index in [1.165, 1.54) is 11.8 Å². The van der Waals surface area contributed by atoms with Crippen LogP contribution in [0, 0.1) is 0 Å². The summed E-state index contributed by atoms with van der Waals surface area (Å²) in [6.45, 7) is 3.44. The highest BCUT2D eigenvalue weighted by Crippen LogP contribution is 2.16. The number of thioether (sulfide) groups is 1. The summed E-state index contributed by atoms with van der Waals surface area (Å²) in [5.41, 5.74) is 0. The summed E-state index contributed by atoms with van der Waals surface area (Å²) in [7, 11) is 1.82. The van der Waals surface area contributed by atoms with Crippen LogP contribution in [0.1, 0.15) is 13.8 Å². The van der Waals surface area contributed by atoms with E-state index in [0.717, 1.165) is 0 Å². The van der Waals surface area contributed by atoms with E-state index < -0.39 is 6.17 Å². The molecule has 0 rings (SSSR count). The van der Waals surface area contributed by atoms with Crippen molar-refractivity contribution in [2.45, 2.75) is 25.3 Å². The fourth-order valence-electron chi connectivity index (χ4n) is 0.340. The molecular formula is C7H14FNS. The molecule has 1 N–H and O–H groups in total. The molecule has 3 heteroatoms. The molecule has 0 bridgehead atoms. The van der Waals surface area contributed by atoms with Gasteiger partial charge in [0.1, 0.15) is 6.17 Å². The standard InChI is InChI=1S/C7H14FNS/c1-6(8)7(2)10-5-4-9-3/h4-7,9H,1-3H3/b5-4-/t6-,7?/m1/s1. The molecule has 0 aliphatic rings. The second-order valence-electron chi connectivity index (χ2n) is 2.11. The van der Waals surface area contributed by atoms with Gasteiger partial charge in [0.2, 0.25) is 0 Å². The fourth-order valence-corrected chi connectivity index (χ4v) is 1.02. The van der Waals surface area contributed by atoms with E-state index in [4.69, 9.17) is 0 Å². The van der Waals surface area contributed by atoms with Crippen molar-refractivity contribution in [2.24, 2.45) is 0 Å². The zero-order valence-corrected chi connectivity index (χ0v) is 7.41. The van der Waals surface area contributed by atoms with Gasteiger partial charge in [-0.05, 0) is 12.3 Å². The van der Waals surface area contributed by atoms with Crippen LogP contribution in [0.4, 0.5) is 4.39 Å². The number of nitrogens with one attached hydrogen (secondary N) is 1. The van der Waals surface area contributed by atoms with E-state index in [-0.39, 0.29) is 5.25 Å². The number of rotatable bonds is 4. The van der Waals surface area contributed by atoms with Gasteiger partial charge in [0.25, 0.3) is 0 Å². The van der Waals surface area contributed by atoms with Gasteiger partial charge >= 0.3 is 0 Å². The van der Waals surface area contributed by atoms with Crippen LogP contribution in [0.15, 0.2) is 11.6 Å². The third-order valence-corrected chi connectivity index (χ3v) is 2.27. The molecule has 1 nitrogen and oxygen atoms in total. The quantitative estimate of drug-likeness (QED) is 0.681. The zero-order valence-electron chi connectivity index (χ0n) is 6.60. The molecule has 0 aromatic rings. The summed E-state index contributed by atoms with van der Waals surface area (Å²) in [4.78, 5) is 0. The topological polar surface area (TPSA) is 12.0 Å². The molecule has 0 fully saturated rings. The number of hydrogen-bond acceptors (Lipinski definition) is 2.